The molecule has 0 spiro atoms. The number of aryl methyl sites for hydroxylation is 2. The lowest BCUT2D eigenvalue weighted by atomic mass is 10.2. The molecular formula is C19H22N6O. The molecule has 3 rings (SSSR count). The Kier molecular flexibility index (Phi) is 5.48. The first-order chi connectivity index (χ1) is 12.6. The summed E-state index contributed by atoms with van der Waals surface area (Å²) in [7, 11) is 0. The first kappa shape index (κ1) is 17.5. The van der Waals surface area contributed by atoms with Crippen LogP contribution in [0.25, 0.3) is 0 Å². The quantitative estimate of drug-likeness (QED) is 0.545. The number of aromatic nitrogens is 3. The summed E-state index contributed by atoms with van der Waals surface area (Å²) in [6.07, 6.45) is 2.76. The number of carbonyl (C=O) groups excluding carboxylic acids is 1. The molecule has 4 N–H and O–H groups in total. The van der Waals surface area contributed by atoms with Crippen molar-refractivity contribution in [1.82, 2.24) is 15.0 Å². The van der Waals surface area contributed by atoms with Gasteiger partial charge >= 0.3 is 6.03 Å². The van der Waals surface area contributed by atoms with Crippen molar-refractivity contribution in [1.29, 1.82) is 0 Å². The lowest BCUT2D eigenvalue weighted by Gasteiger charge is -2.10. The summed E-state index contributed by atoms with van der Waals surface area (Å²) in [6.45, 7) is 4.56. The van der Waals surface area contributed by atoms with Crippen LogP contribution in [-0.4, -0.2) is 27.5 Å². The maximum atomic E-state index is 12.2. The van der Waals surface area contributed by atoms with E-state index in [1.54, 1.807) is 0 Å². The number of urea groups is 1. The molecule has 134 valence electrons. The maximum absolute atomic E-state index is 12.2. The molecule has 0 atom stereocenters. The Balaban J connectivity index is 1.58. The summed E-state index contributed by atoms with van der Waals surface area (Å²) in [5, 5.41) is 8.71. The third kappa shape index (κ3) is 5.07. The molecule has 7 heteroatoms. The van der Waals surface area contributed by atoms with E-state index in [-0.39, 0.29) is 12.0 Å². The van der Waals surface area contributed by atoms with E-state index in [2.05, 4.69) is 30.9 Å². The van der Waals surface area contributed by atoms with Gasteiger partial charge in [0.05, 0.1) is 0 Å². The van der Waals surface area contributed by atoms with Crippen molar-refractivity contribution in [3.63, 3.8) is 0 Å². The SMILES string of the molecule is Cc1cccc(NC(=O)Nc2nc(C)cc(NCCc3ccc[nH]3)n2)c1. The number of nitrogens with zero attached hydrogens (tertiary/aromatic N) is 2. The van der Waals surface area contributed by atoms with E-state index in [0.29, 0.717) is 5.82 Å². The van der Waals surface area contributed by atoms with Crippen LogP contribution in [-0.2, 0) is 6.42 Å². The van der Waals surface area contributed by atoms with Crippen LogP contribution in [0, 0.1) is 13.8 Å². The zero-order chi connectivity index (χ0) is 18.4. The molecule has 0 aliphatic heterocycles. The average Bonchev–Trinajstić information content (AvgIpc) is 3.07. The van der Waals surface area contributed by atoms with Gasteiger partial charge in [0.25, 0.3) is 0 Å². The fraction of sp³-hybridized carbons (Fsp3) is 0.211. The average molecular weight is 350 g/mol. The number of aromatic amines is 1. The van der Waals surface area contributed by atoms with Crippen LogP contribution in [0.2, 0.25) is 0 Å². The Morgan fingerprint density at radius 2 is 1.96 bits per heavy atom. The number of amides is 2. The fourth-order valence-electron chi connectivity index (χ4n) is 2.55. The van der Waals surface area contributed by atoms with Crippen molar-refractivity contribution in [3.8, 4) is 0 Å². The van der Waals surface area contributed by atoms with Gasteiger partial charge in [0, 0.05) is 42.3 Å². The van der Waals surface area contributed by atoms with Crippen molar-refractivity contribution in [3.05, 3.63) is 65.6 Å². The summed E-state index contributed by atoms with van der Waals surface area (Å²) < 4.78 is 0. The minimum absolute atomic E-state index is 0.262. The molecule has 0 radical (unpaired) electrons. The predicted octanol–water partition coefficient (Wildman–Crippen LogP) is 3.72. The molecule has 0 aliphatic rings. The van der Waals surface area contributed by atoms with Crippen LogP contribution in [0.4, 0.5) is 22.2 Å². The van der Waals surface area contributed by atoms with E-state index < -0.39 is 0 Å². The third-order valence-corrected chi connectivity index (χ3v) is 3.72. The second kappa shape index (κ2) is 8.15. The van der Waals surface area contributed by atoms with Crippen LogP contribution in [0.3, 0.4) is 0 Å². The molecule has 0 saturated carbocycles. The number of benzene rings is 1. The largest absolute Gasteiger partial charge is 0.370 e. The number of anilines is 3. The number of hydrogen-bond acceptors (Lipinski definition) is 4. The number of hydrogen-bond donors (Lipinski definition) is 4. The summed E-state index contributed by atoms with van der Waals surface area (Å²) >= 11 is 0. The van der Waals surface area contributed by atoms with Crippen LogP contribution < -0.4 is 16.0 Å². The van der Waals surface area contributed by atoms with Gasteiger partial charge in [-0.1, -0.05) is 12.1 Å². The lowest BCUT2D eigenvalue weighted by molar-refractivity contribution is 0.262. The van der Waals surface area contributed by atoms with Gasteiger partial charge < -0.3 is 15.6 Å². The summed E-state index contributed by atoms with van der Waals surface area (Å²) in [4.78, 5) is 23.9. The first-order valence-electron chi connectivity index (χ1n) is 8.45. The normalized spacial score (nSPS) is 10.4. The molecule has 0 saturated heterocycles. The van der Waals surface area contributed by atoms with Crippen LogP contribution in [0.1, 0.15) is 17.0 Å². The molecule has 0 fully saturated rings. The fourth-order valence-corrected chi connectivity index (χ4v) is 2.55. The third-order valence-electron chi connectivity index (χ3n) is 3.72. The van der Waals surface area contributed by atoms with Gasteiger partial charge in [-0.15, -0.1) is 0 Å². The van der Waals surface area contributed by atoms with Gasteiger partial charge in [0.2, 0.25) is 5.95 Å². The first-order valence-corrected chi connectivity index (χ1v) is 8.45. The molecular weight excluding hydrogens is 328 g/mol. The smallest absolute Gasteiger partial charge is 0.326 e. The summed E-state index contributed by atoms with van der Waals surface area (Å²) in [5.41, 5.74) is 3.72. The molecule has 7 nitrogen and oxygen atoms in total. The van der Waals surface area contributed by atoms with E-state index in [1.165, 1.54) is 0 Å². The Morgan fingerprint density at radius 3 is 2.73 bits per heavy atom. The van der Waals surface area contributed by atoms with E-state index in [0.717, 1.165) is 35.6 Å². The van der Waals surface area contributed by atoms with E-state index in [1.807, 2.05) is 62.5 Å². The van der Waals surface area contributed by atoms with Gasteiger partial charge in [0.1, 0.15) is 5.82 Å². The highest BCUT2D eigenvalue weighted by Crippen LogP contribution is 2.12. The van der Waals surface area contributed by atoms with Gasteiger partial charge in [-0.25, -0.2) is 9.78 Å². The van der Waals surface area contributed by atoms with E-state index in [9.17, 15) is 4.79 Å². The van der Waals surface area contributed by atoms with Crippen molar-refractivity contribution >= 4 is 23.5 Å². The molecule has 2 aromatic heterocycles. The maximum Gasteiger partial charge on any atom is 0.326 e. The van der Waals surface area contributed by atoms with Gasteiger partial charge in [-0.3, -0.25) is 5.32 Å². The van der Waals surface area contributed by atoms with Crippen molar-refractivity contribution in [2.45, 2.75) is 20.3 Å². The second-order valence-electron chi connectivity index (χ2n) is 6.04. The lowest BCUT2D eigenvalue weighted by Crippen LogP contribution is -2.21. The van der Waals surface area contributed by atoms with Crippen LogP contribution in [0.5, 0.6) is 0 Å². The highest BCUT2D eigenvalue weighted by Gasteiger charge is 2.07. The van der Waals surface area contributed by atoms with E-state index >= 15 is 0 Å². The molecule has 0 aliphatic carbocycles. The Labute approximate surface area is 152 Å². The predicted molar refractivity (Wildman–Crippen MR) is 104 cm³/mol. The number of carbonyl (C=O) groups is 1. The molecule has 0 bridgehead atoms. The van der Waals surface area contributed by atoms with Gasteiger partial charge in [-0.05, 0) is 43.7 Å². The highest BCUT2D eigenvalue weighted by molar-refractivity contribution is 5.98. The molecule has 2 heterocycles. The number of nitrogens with one attached hydrogen (secondary N) is 4. The van der Waals surface area contributed by atoms with E-state index in [4.69, 9.17) is 0 Å². The topological polar surface area (TPSA) is 94.7 Å². The highest BCUT2D eigenvalue weighted by atomic mass is 16.2. The minimum Gasteiger partial charge on any atom is -0.370 e. The van der Waals surface area contributed by atoms with Crippen LogP contribution >= 0.6 is 0 Å². The Morgan fingerprint density at radius 1 is 1.08 bits per heavy atom. The zero-order valence-corrected chi connectivity index (χ0v) is 14.8. The van der Waals surface area contributed by atoms with Crippen molar-refractivity contribution < 1.29 is 4.79 Å². The summed E-state index contributed by atoms with van der Waals surface area (Å²) in [5.74, 6) is 0.937. The van der Waals surface area contributed by atoms with Gasteiger partial charge in [-0.2, -0.15) is 4.98 Å². The standard InChI is InChI=1S/C19H22N6O/c1-13-5-3-6-16(11-13)23-19(26)25-18-22-14(2)12-17(24-18)21-10-8-15-7-4-9-20-15/h3-7,9,11-12,20H,8,10H2,1-2H3,(H3,21,22,23,24,25,26). The molecule has 3 aromatic rings. The van der Waals surface area contributed by atoms with Crippen molar-refractivity contribution in [2.24, 2.45) is 0 Å². The van der Waals surface area contributed by atoms with Crippen LogP contribution in [0.15, 0.2) is 48.7 Å². The molecule has 2 amide bonds. The number of rotatable bonds is 6. The zero-order valence-electron chi connectivity index (χ0n) is 14.8. The Hall–Kier alpha value is -3.35. The molecule has 1 aromatic carbocycles. The monoisotopic (exact) mass is 350 g/mol. The second-order valence-corrected chi connectivity index (χ2v) is 6.04. The molecule has 26 heavy (non-hydrogen) atoms. The van der Waals surface area contributed by atoms with Crippen molar-refractivity contribution in [2.75, 3.05) is 22.5 Å². The minimum atomic E-state index is -0.376. The summed E-state index contributed by atoms with van der Waals surface area (Å²) in [6, 6.07) is 13.1. The van der Waals surface area contributed by atoms with Gasteiger partial charge in [0.15, 0.2) is 0 Å². The molecule has 0 unspecified atom stereocenters. The number of H-pyrrole nitrogens is 1. The Bertz CT molecular complexity index is 875.